The van der Waals surface area contributed by atoms with Crippen LogP contribution in [0.15, 0.2) is 24.3 Å². The lowest BCUT2D eigenvalue weighted by atomic mass is 10.1. The number of carbonyl (C=O) groups is 1. The van der Waals surface area contributed by atoms with E-state index in [1.165, 1.54) is 12.7 Å². The van der Waals surface area contributed by atoms with Gasteiger partial charge in [0.2, 0.25) is 0 Å². The molecule has 1 atom stereocenters. The molecule has 0 heterocycles. The highest BCUT2D eigenvalue weighted by Gasteiger charge is 2.07. The zero-order valence-electron chi connectivity index (χ0n) is 11.2. The van der Waals surface area contributed by atoms with Crippen molar-refractivity contribution in [2.75, 3.05) is 20.8 Å². The normalized spacial score (nSPS) is 11.9. The van der Waals surface area contributed by atoms with Crippen LogP contribution in [0.1, 0.15) is 18.9 Å². The van der Waals surface area contributed by atoms with Gasteiger partial charge in [0.05, 0.1) is 20.6 Å². The maximum Gasteiger partial charge on any atom is 0.307 e. The topological polar surface area (TPSA) is 47.6 Å². The summed E-state index contributed by atoms with van der Waals surface area (Å²) in [6.45, 7) is 2.81. The Morgan fingerprint density at radius 2 is 1.94 bits per heavy atom. The molecule has 0 radical (unpaired) electrons. The molecule has 0 aromatic heterocycles. The van der Waals surface area contributed by atoms with Gasteiger partial charge in [-0.25, -0.2) is 0 Å². The number of carbonyl (C=O) groups excluding carboxylic acids is 1. The van der Waals surface area contributed by atoms with Crippen molar-refractivity contribution in [3.8, 4) is 5.75 Å². The Labute approximate surface area is 108 Å². The van der Waals surface area contributed by atoms with E-state index in [2.05, 4.69) is 10.1 Å². The lowest BCUT2D eigenvalue weighted by molar-refractivity contribution is -0.141. The summed E-state index contributed by atoms with van der Waals surface area (Å²) in [4.78, 5) is 11.0. The van der Waals surface area contributed by atoms with Gasteiger partial charge in [-0.05, 0) is 37.6 Å². The smallest absolute Gasteiger partial charge is 0.307 e. The van der Waals surface area contributed by atoms with Crippen LogP contribution < -0.4 is 10.1 Å². The minimum atomic E-state index is -0.181. The Hall–Kier alpha value is -1.55. The molecule has 0 aliphatic rings. The average Bonchev–Trinajstić information content (AvgIpc) is 2.39. The number of methoxy groups -OCH3 is 2. The molecular formula is C14H21NO3. The lowest BCUT2D eigenvalue weighted by Crippen LogP contribution is -2.30. The Kier molecular flexibility index (Phi) is 6.22. The van der Waals surface area contributed by atoms with E-state index >= 15 is 0 Å². The predicted molar refractivity (Wildman–Crippen MR) is 70.8 cm³/mol. The molecule has 0 aliphatic carbocycles. The van der Waals surface area contributed by atoms with Gasteiger partial charge >= 0.3 is 5.97 Å². The molecule has 1 rings (SSSR count). The second-order valence-corrected chi connectivity index (χ2v) is 4.23. The molecule has 4 nitrogen and oxygen atoms in total. The molecule has 0 amide bonds. The van der Waals surface area contributed by atoms with E-state index in [1.54, 1.807) is 7.11 Å². The fourth-order valence-electron chi connectivity index (χ4n) is 1.66. The number of hydrogen-bond donors (Lipinski definition) is 1. The van der Waals surface area contributed by atoms with E-state index < -0.39 is 0 Å². The first kappa shape index (κ1) is 14.5. The fraction of sp³-hybridized carbons (Fsp3) is 0.500. The summed E-state index contributed by atoms with van der Waals surface area (Å²) in [5.74, 6) is 0.685. The SMILES string of the molecule is COC(=O)CC(C)NCCc1ccc(OC)cc1. The van der Waals surface area contributed by atoms with Crippen molar-refractivity contribution in [3.63, 3.8) is 0 Å². The van der Waals surface area contributed by atoms with Crippen LogP contribution >= 0.6 is 0 Å². The molecule has 100 valence electrons. The summed E-state index contributed by atoms with van der Waals surface area (Å²) >= 11 is 0. The maximum absolute atomic E-state index is 11.0. The summed E-state index contributed by atoms with van der Waals surface area (Å²) in [5, 5.41) is 3.29. The molecule has 0 spiro atoms. The third-order valence-corrected chi connectivity index (χ3v) is 2.77. The molecule has 4 heteroatoms. The minimum absolute atomic E-state index is 0.135. The third-order valence-electron chi connectivity index (χ3n) is 2.77. The van der Waals surface area contributed by atoms with Gasteiger partial charge in [0.25, 0.3) is 0 Å². The molecule has 0 saturated carbocycles. The van der Waals surface area contributed by atoms with Crippen molar-refractivity contribution in [1.29, 1.82) is 0 Å². The Balaban J connectivity index is 2.26. The van der Waals surface area contributed by atoms with Gasteiger partial charge < -0.3 is 14.8 Å². The molecule has 0 aliphatic heterocycles. The van der Waals surface area contributed by atoms with Gasteiger partial charge in [-0.15, -0.1) is 0 Å². The van der Waals surface area contributed by atoms with Crippen LogP contribution in [-0.2, 0) is 16.0 Å². The molecule has 1 N–H and O–H groups in total. The van der Waals surface area contributed by atoms with Gasteiger partial charge in [0.1, 0.15) is 5.75 Å². The van der Waals surface area contributed by atoms with Crippen molar-refractivity contribution >= 4 is 5.97 Å². The number of benzene rings is 1. The number of nitrogens with one attached hydrogen (secondary N) is 1. The third kappa shape index (κ3) is 5.19. The highest BCUT2D eigenvalue weighted by Crippen LogP contribution is 2.11. The Morgan fingerprint density at radius 3 is 2.50 bits per heavy atom. The molecule has 0 fully saturated rings. The summed E-state index contributed by atoms with van der Waals surface area (Å²) in [6, 6.07) is 8.13. The van der Waals surface area contributed by atoms with Crippen molar-refractivity contribution < 1.29 is 14.3 Å². The van der Waals surface area contributed by atoms with Crippen LogP contribution in [0.25, 0.3) is 0 Å². The molecule has 1 aromatic rings. The Morgan fingerprint density at radius 1 is 1.28 bits per heavy atom. The van der Waals surface area contributed by atoms with Crippen LogP contribution in [0.2, 0.25) is 0 Å². The van der Waals surface area contributed by atoms with Crippen LogP contribution in [0.3, 0.4) is 0 Å². The molecule has 0 bridgehead atoms. The van der Waals surface area contributed by atoms with Crippen molar-refractivity contribution in [1.82, 2.24) is 5.32 Å². The fourth-order valence-corrected chi connectivity index (χ4v) is 1.66. The van der Waals surface area contributed by atoms with E-state index in [4.69, 9.17) is 4.74 Å². The zero-order chi connectivity index (χ0) is 13.4. The van der Waals surface area contributed by atoms with Gasteiger partial charge in [-0.3, -0.25) is 4.79 Å². The highest BCUT2D eigenvalue weighted by molar-refractivity contribution is 5.69. The van der Waals surface area contributed by atoms with E-state index in [0.717, 1.165) is 18.7 Å². The van der Waals surface area contributed by atoms with Crippen LogP contribution in [0.5, 0.6) is 5.75 Å². The number of rotatable bonds is 7. The van der Waals surface area contributed by atoms with E-state index in [1.807, 2.05) is 31.2 Å². The summed E-state index contributed by atoms with van der Waals surface area (Å²) in [6.07, 6.45) is 1.33. The average molecular weight is 251 g/mol. The molecule has 1 aromatic carbocycles. The Bertz CT molecular complexity index is 362. The van der Waals surface area contributed by atoms with Crippen molar-refractivity contribution in [2.45, 2.75) is 25.8 Å². The number of esters is 1. The second kappa shape index (κ2) is 7.71. The number of ether oxygens (including phenoxy) is 2. The van der Waals surface area contributed by atoms with Gasteiger partial charge in [0, 0.05) is 6.04 Å². The van der Waals surface area contributed by atoms with Gasteiger partial charge in [-0.1, -0.05) is 12.1 Å². The van der Waals surface area contributed by atoms with Crippen molar-refractivity contribution in [3.05, 3.63) is 29.8 Å². The van der Waals surface area contributed by atoms with E-state index in [9.17, 15) is 4.79 Å². The zero-order valence-corrected chi connectivity index (χ0v) is 11.2. The minimum Gasteiger partial charge on any atom is -0.497 e. The molecule has 18 heavy (non-hydrogen) atoms. The van der Waals surface area contributed by atoms with E-state index in [-0.39, 0.29) is 12.0 Å². The van der Waals surface area contributed by atoms with E-state index in [0.29, 0.717) is 6.42 Å². The summed E-state index contributed by atoms with van der Waals surface area (Å²) in [5.41, 5.74) is 1.24. The highest BCUT2D eigenvalue weighted by atomic mass is 16.5. The lowest BCUT2D eigenvalue weighted by Gasteiger charge is -2.12. The maximum atomic E-state index is 11.0. The van der Waals surface area contributed by atoms with Gasteiger partial charge in [0.15, 0.2) is 0 Å². The first-order chi connectivity index (χ1) is 8.65. The largest absolute Gasteiger partial charge is 0.497 e. The predicted octanol–water partition coefficient (Wildman–Crippen LogP) is 1.78. The van der Waals surface area contributed by atoms with Crippen molar-refractivity contribution in [2.24, 2.45) is 0 Å². The molecular weight excluding hydrogens is 230 g/mol. The van der Waals surface area contributed by atoms with Crippen LogP contribution in [0, 0.1) is 0 Å². The summed E-state index contributed by atoms with van der Waals surface area (Å²) < 4.78 is 9.72. The standard InChI is InChI=1S/C14H21NO3/c1-11(10-14(16)18-3)15-9-8-12-4-6-13(17-2)7-5-12/h4-7,11,15H,8-10H2,1-3H3. The summed E-state index contributed by atoms with van der Waals surface area (Å²) in [7, 11) is 3.07. The monoisotopic (exact) mass is 251 g/mol. The second-order valence-electron chi connectivity index (χ2n) is 4.23. The van der Waals surface area contributed by atoms with Crippen LogP contribution in [-0.4, -0.2) is 32.8 Å². The quantitative estimate of drug-likeness (QED) is 0.750. The van der Waals surface area contributed by atoms with Crippen LogP contribution in [0.4, 0.5) is 0 Å². The first-order valence-corrected chi connectivity index (χ1v) is 6.09. The molecule has 0 saturated heterocycles. The van der Waals surface area contributed by atoms with Gasteiger partial charge in [-0.2, -0.15) is 0 Å². The number of hydrogen-bond acceptors (Lipinski definition) is 4. The first-order valence-electron chi connectivity index (χ1n) is 6.09. The molecule has 1 unspecified atom stereocenters.